The van der Waals surface area contributed by atoms with Crippen molar-refractivity contribution in [2.24, 2.45) is 0 Å². The number of nitrogens with one attached hydrogen (secondary N) is 2. The first-order valence-corrected chi connectivity index (χ1v) is 16.2. The highest BCUT2D eigenvalue weighted by molar-refractivity contribution is 6.07. The molecule has 0 saturated carbocycles. The Hall–Kier alpha value is -5.62. The largest absolute Gasteiger partial charge is 0.493 e. The first kappa shape index (κ1) is 40.2. The zero-order chi connectivity index (χ0) is 39.0. The number of anilines is 1. The summed E-state index contributed by atoms with van der Waals surface area (Å²) in [6.07, 6.45) is -5.83. The number of Topliss-reactive ketones (excluding diaryl/α,β-unsaturated/α-hetero) is 1. The number of benzene rings is 1. The smallest absolute Gasteiger partial charge is 0.411 e. The molecular weight excluding hydrogens is 696 g/mol. The fourth-order valence-electron chi connectivity index (χ4n) is 5.70. The molecule has 2 bridgehead atoms. The Balaban J connectivity index is 1.72. The molecule has 0 unspecified atom stereocenters. The second-order valence-electron chi connectivity index (χ2n) is 11.6. The van der Waals surface area contributed by atoms with Crippen molar-refractivity contribution in [1.29, 1.82) is 0 Å². The minimum absolute atomic E-state index is 0.0627. The van der Waals surface area contributed by atoms with Gasteiger partial charge < -0.3 is 53.8 Å². The van der Waals surface area contributed by atoms with Gasteiger partial charge in [-0.2, -0.15) is 0 Å². The number of rotatable bonds is 11. The molecule has 0 spiro atoms. The van der Waals surface area contributed by atoms with Gasteiger partial charge in [0.2, 0.25) is 5.78 Å². The molecule has 3 aliphatic rings. The predicted molar refractivity (Wildman–Crippen MR) is 185 cm³/mol. The molecule has 1 aromatic carbocycles. The molecular formula is C37H40N2O14. The van der Waals surface area contributed by atoms with E-state index in [9.17, 15) is 34.5 Å². The summed E-state index contributed by atoms with van der Waals surface area (Å²) in [5.41, 5.74) is -3.43. The lowest BCUT2D eigenvalue weighted by Crippen LogP contribution is -2.59. The van der Waals surface area contributed by atoms with Gasteiger partial charge in [-0.05, 0) is 25.5 Å². The quantitative estimate of drug-likeness (QED) is 0.0940. The molecule has 0 aromatic heterocycles. The number of alkyl carbamates (subject to hydrolysis) is 1. The highest BCUT2D eigenvalue weighted by Crippen LogP contribution is 2.41. The van der Waals surface area contributed by atoms with Crippen LogP contribution in [0.2, 0.25) is 0 Å². The standard InChI is InChI=1S/C37H40N2O14/c1-8-13-22-29-24(40)14-11-9-10-12-15-37(22,46)33(32(42)30(29)39-36(45)50-7)53-28-18-27(31(41)19(2)51-28)52-35(44)21-16-25(48-5)26(49-6)17-23(21)38-34(43)20(3)47-4/h9-10,13,16-17,19,24,27-28,31,33,40-41,46H,3,8,18H2,1-2,4-7H3,(H,38,43)(H,39,45)/b10-9-,22-13+/t19-,24-,27-,28-,31-,33+,37+/m0/s1. The second-order valence-corrected chi connectivity index (χ2v) is 11.6. The Morgan fingerprint density at radius 1 is 1.06 bits per heavy atom. The Kier molecular flexibility index (Phi) is 13.1. The first-order chi connectivity index (χ1) is 25.2. The van der Waals surface area contributed by atoms with Crippen molar-refractivity contribution in [1.82, 2.24) is 5.32 Å². The summed E-state index contributed by atoms with van der Waals surface area (Å²) in [7, 11) is 5.00. The number of hydrogen-bond donors (Lipinski definition) is 5. The third-order valence-corrected chi connectivity index (χ3v) is 8.35. The maximum Gasteiger partial charge on any atom is 0.411 e. The van der Waals surface area contributed by atoms with Gasteiger partial charge in [0.15, 0.2) is 35.3 Å². The lowest BCUT2D eigenvalue weighted by molar-refractivity contribution is -0.266. The van der Waals surface area contributed by atoms with Crippen molar-refractivity contribution in [2.75, 3.05) is 33.8 Å². The van der Waals surface area contributed by atoms with Crippen LogP contribution >= 0.6 is 0 Å². The zero-order valence-electron chi connectivity index (χ0n) is 29.8. The Morgan fingerprint density at radius 3 is 2.38 bits per heavy atom. The summed E-state index contributed by atoms with van der Waals surface area (Å²) >= 11 is 0. The molecule has 7 atom stereocenters. The van der Waals surface area contributed by atoms with Gasteiger partial charge in [0.05, 0.1) is 51.5 Å². The minimum Gasteiger partial charge on any atom is -0.493 e. The summed E-state index contributed by atoms with van der Waals surface area (Å²) in [5.74, 6) is 7.64. The summed E-state index contributed by atoms with van der Waals surface area (Å²) in [4.78, 5) is 52.9. The van der Waals surface area contributed by atoms with Crippen molar-refractivity contribution >= 4 is 29.4 Å². The van der Waals surface area contributed by atoms with Crippen LogP contribution in [0.25, 0.3) is 0 Å². The van der Waals surface area contributed by atoms with Crippen LogP contribution in [-0.2, 0) is 33.3 Å². The van der Waals surface area contributed by atoms with Crippen LogP contribution in [-0.4, -0.2) is 110 Å². The van der Waals surface area contributed by atoms with Crippen LogP contribution in [0.15, 0.2) is 59.5 Å². The van der Waals surface area contributed by atoms with E-state index < -0.39 is 71.9 Å². The Bertz CT molecular complexity index is 1880. The van der Waals surface area contributed by atoms with E-state index in [1.54, 1.807) is 6.92 Å². The van der Waals surface area contributed by atoms with Crippen molar-refractivity contribution in [3.05, 3.63) is 65.1 Å². The number of hydrogen-bond acceptors (Lipinski definition) is 14. The van der Waals surface area contributed by atoms with Gasteiger partial charge in [-0.25, -0.2) is 9.59 Å². The first-order valence-electron chi connectivity index (χ1n) is 16.2. The monoisotopic (exact) mass is 736 g/mol. The number of methoxy groups -OCH3 is 4. The van der Waals surface area contributed by atoms with Crippen LogP contribution in [0, 0.1) is 23.7 Å². The third kappa shape index (κ3) is 8.55. The van der Waals surface area contributed by atoms with E-state index in [1.165, 1.54) is 58.6 Å². The van der Waals surface area contributed by atoms with E-state index in [1.807, 2.05) is 0 Å². The molecule has 2 aliphatic carbocycles. The predicted octanol–water partition coefficient (Wildman–Crippen LogP) is 1.41. The molecule has 53 heavy (non-hydrogen) atoms. The summed E-state index contributed by atoms with van der Waals surface area (Å²) in [5, 5.41) is 39.2. The lowest BCUT2D eigenvalue weighted by Gasteiger charge is -2.43. The number of ketones is 1. The van der Waals surface area contributed by atoms with Crippen LogP contribution in [0.3, 0.4) is 0 Å². The van der Waals surface area contributed by atoms with Gasteiger partial charge in [-0.1, -0.05) is 43.3 Å². The van der Waals surface area contributed by atoms with Gasteiger partial charge in [-0.3, -0.25) is 14.9 Å². The molecule has 16 heteroatoms. The highest BCUT2D eigenvalue weighted by Gasteiger charge is 2.55. The second kappa shape index (κ2) is 17.3. The molecule has 5 N–H and O–H groups in total. The summed E-state index contributed by atoms with van der Waals surface area (Å²) in [6, 6.07) is 2.58. The number of aliphatic hydroxyl groups excluding tert-OH is 2. The van der Waals surface area contributed by atoms with Gasteiger partial charge in [0, 0.05) is 29.7 Å². The molecule has 16 nitrogen and oxygen atoms in total. The number of ether oxygens (including phenoxy) is 7. The van der Waals surface area contributed by atoms with Crippen molar-refractivity contribution in [2.45, 2.75) is 69.1 Å². The van der Waals surface area contributed by atoms with Crippen molar-refractivity contribution < 1.29 is 67.7 Å². The molecule has 2 amide bonds. The minimum atomic E-state index is -2.43. The molecule has 1 fully saturated rings. The third-order valence-electron chi connectivity index (χ3n) is 8.35. The van der Waals surface area contributed by atoms with Gasteiger partial charge in [-0.15, -0.1) is 0 Å². The van der Waals surface area contributed by atoms with Crippen LogP contribution in [0.1, 0.15) is 37.0 Å². The van der Waals surface area contributed by atoms with E-state index >= 15 is 0 Å². The molecule has 1 saturated heterocycles. The van der Waals surface area contributed by atoms with E-state index in [0.717, 1.165) is 7.11 Å². The van der Waals surface area contributed by atoms with E-state index in [4.69, 9.17) is 33.2 Å². The van der Waals surface area contributed by atoms with E-state index in [-0.39, 0.29) is 52.5 Å². The maximum absolute atomic E-state index is 14.2. The van der Waals surface area contributed by atoms with Crippen LogP contribution < -0.4 is 20.1 Å². The van der Waals surface area contributed by atoms with Crippen molar-refractivity contribution in [3.63, 3.8) is 0 Å². The van der Waals surface area contributed by atoms with Gasteiger partial charge in [0.1, 0.15) is 18.3 Å². The molecule has 0 radical (unpaired) electrons. The molecule has 4 rings (SSSR count). The maximum atomic E-state index is 14.2. The number of aliphatic hydroxyl groups is 3. The zero-order valence-corrected chi connectivity index (χ0v) is 29.8. The fraction of sp³-hybridized carbons (Fsp3) is 0.405. The number of fused-ring (bicyclic) bond motifs is 2. The molecule has 1 heterocycles. The van der Waals surface area contributed by atoms with Crippen molar-refractivity contribution in [3.8, 4) is 35.2 Å². The molecule has 1 aromatic rings. The fourth-order valence-corrected chi connectivity index (χ4v) is 5.70. The summed E-state index contributed by atoms with van der Waals surface area (Å²) in [6.45, 7) is 6.70. The van der Waals surface area contributed by atoms with Crippen LogP contribution in [0.4, 0.5) is 10.5 Å². The van der Waals surface area contributed by atoms with E-state index in [2.05, 4.69) is 40.9 Å². The average Bonchev–Trinajstić information content (AvgIpc) is 3.14. The van der Waals surface area contributed by atoms with Crippen LogP contribution in [0.5, 0.6) is 11.5 Å². The molecule has 282 valence electrons. The normalized spacial score (nSPS) is 27.5. The number of allylic oxidation sites excluding steroid dienone is 3. The SMILES string of the molecule is C=C(OC)C(=O)Nc1cc(OC)c(OC)cc1C(=O)O[C@H]1C[C@H](O[C@@H]2C(=O)C(NC(=O)OC)=C3/C(=C\CC)[C@]2(O)C#C/C=C\C#C[C@@H]3O)O[C@@H](C)[C@@H]1O. The average molecular weight is 737 g/mol. The number of carbonyl (C=O) groups is 4. The lowest BCUT2D eigenvalue weighted by atomic mass is 9.73. The summed E-state index contributed by atoms with van der Waals surface area (Å²) < 4.78 is 38.0. The Labute approximate surface area is 305 Å². The Morgan fingerprint density at radius 2 is 1.74 bits per heavy atom. The molecule has 1 aliphatic heterocycles. The topological polar surface area (TPSA) is 218 Å². The highest BCUT2D eigenvalue weighted by atomic mass is 16.7. The number of carbonyl (C=O) groups excluding carboxylic acids is 4. The van der Waals surface area contributed by atoms with E-state index in [0.29, 0.717) is 0 Å². The van der Waals surface area contributed by atoms with Gasteiger partial charge in [0.25, 0.3) is 5.91 Å². The number of amides is 2. The number of esters is 1. The van der Waals surface area contributed by atoms with Gasteiger partial charge >= 0.3 is 12.1 Å².